The summed E-state index contributed by atoms with van der Waals surface area (Å²) in [5.74, 6) is -0.170. The monoisotopic (exact) mass is 422 g/mol. The van der Waals surface area contributed by atoms with Crippen LogP contribution in [0.5, 0.6) is 0 Å². The van der Waals surface area contributed by atoms with Gasteiger partial charge in [-0.15, -0.1) is 0 Å². The summed E-state index contributed by atoms with van der Waals surface area (Å²) in [5, 5.41) is 8.21. The van der Waals surface area contributed by atoms with Crippen LogP contribution >= 0.6 is 0 Å². The van der Waals surface area contributed by atoms with Crippen molar-refractivity contribution in [1.29, 1.82) is 0 Å². The van der Waals surface area contributed by atoms with Crippen molar-refractivity contribution in [3.05, 3.63) is 78.4 Å². The lowest BCUT2D eigenvalue weighted by Crippen LogP contribution is -2.64. The molecule has 1 aromatic heterocycles. The van der Waals surface area contributed by atoms with E-state index in [0.717, 1.165) is 56.7 Å². The van der Waals surface area contributed by atoms with Gasteiger partial charge >= 0.3 is 0 Å². The Labute approximate surface area is 183 Å². The van der Waals surface area contributed by atoms with Crippen LogP contribution in [-0.2, 0) is 11.2 Å². The zero-order chi connectivity index (χ0) is 21.5. The molecule has 1 atom stereocenters. The van der Waals surface area contributed by atoms with Crippen LogP contribution in [0.4, 0.5) is 10.1 Å². The number of halogens is 1. The number of benzene rings is 2. The average molecular weight is 423 g/mol. The molecule has 164 valence electrons. The van der Waals surface area contributed by atoms with Crippen LogP contribution in [0.15, 0.2) is 66.9 Å². The SMILES string of the molecule is COCC1(CCCCc2ccn(-c3ccccc3)n2)CNCCN1c1ccccc1F. The summed E-state index contributed by atoms with van der Waals surface area (Å²) < 4.78 is 22.1. The van der Waals surface area contributed by atoms with Crippen LogP contribution in [0.1, 0.15) is 25.0 Å². The van der Waals surface area contributed by atoms with E-state index in [1.165, 1.54) is 6.07 Å². The molecule has 1 aliphatic heterocycles. The van der Waals surface area contributed by atoms with E-state index in [4.69, 9.17) is 9.84 Å². The number of aryl methyl sites for hydroxylation is 1. The van der Waals surface area contributed by atoms with Crippen molar-refractivity contribution in [3.8, 4) is 5.69 Å². The zero-order valence-corrected chi connectivity index (χ0v) is 18.1. The number of methoxy groups -OCH3 is 1. The molecule has 1 aliphatic rings. The van der Waals surface area contributed by atoms with Gasteiger partial charge in [0.05, 0.1) is 29.2 Å². The first kappa shape index (κ1) is 21.5. The molecule has 0 spiro atoms. The van der Waals surface area contributed by atoms with Crippen molar-refractivity contribution < 1.29 is 9.13 Å². The molecule has 0 radical (unpaired) electrons. The molecule has 4 rings (SSSR count). The van der Waals surface area contributed by atoms with Crippen LogP contribution in [0.2, 0.25) is 0 Å². The number of nitrogens with zero attached hydrogens (tertiary/aromatic N) is 3. The fraction of sp³-hybridized carbons (Fsp3) is 0.400. The summed E-state index contributed by atoms with van der Waals surface area (Å²) in [5.41, 5.74) is 2.58. The van der Waals surface area contributed by atoms with Crippen LogP contribution in [0.3, 0.4) is 0 Å². The molecule has 1 fully saturated rings. The summed E-state index contributed by atoms with van der Waals surface area (Å²) in [6.45, 7) is 2.97. The number of nitrogens with one attached hydrogen (secondary N) is 1. The van der Waals surface area contributed by atoms with Gasteiger partial charge in [0.2, 0.25) is 0 Å². The first-order chi connectivity index (χ1) is 15.2. The second-order valence-corrected chi connectivity index (χ2v) is 8.23. The molecular weight excluding hydrogens is 391 g/mol. The molecule has 1 N–H and O–H groups in total. The van der Waals surface area contributed by atoms with Crippen LogP contribution in [0.25, 0.3) is 5.69 Å². The van der Waals surface area contributed by atoms with Gasteiger partial charge in [-0.3, -0.25) is 0 Å². The smallest absolute Gasteiger partial charge is 0.146 e. The fourth-order valence-corrected chi connectivity index (χ4v) is 4.56. The highest BCUT2D eigenvalue weighted by Crippen LogP contribution is 2.32. The van der Waals surface area contributed by atoms with Crippen LogP contribution in [-0.4, -0.2) is 48.7 Å². The van der Waals surface area contributed by atoms with Gasteiger partial charge in [-0.1, -0.05) is 36.8 Å². The van der Waals surface area contributed by atoms with E-state index in [-0.39, 0.29) is 11.4 Å². The van der Waals surface area contributed by atoms with E-state index >= 15 is 0 Å². The van der Waals surface area contributed by atoms with Gasteiger partial charge in [0.1, 0.15) is 5.82 Å². The number of rotatable bonds is 9. The molecular formula is C25H31FN4O. The number of piperazine rings is 1. The number of ether oxygens (including phenoxy) is 1. The Morgan fingerprint density at radius 3 is 2.68 bits per heavy atom. The summed E-state index contributed by atoms with van der Waals surface area (Å²) >= 11 is 0. The quantitative estimate of drug-likeness (QED) is 0.525. The maximum Gasteiger partial charge on any atom is 0.146 e. The third-order valence-corrected chi connectivity index (χ3v) is 6.09. The molecule has 0 bridgehead atoms. The van der Waals surface area contributed by atoms with Crippen molar-refractivity contribution in [2.45, 2.75) is 31.2 Å². The Bertz CT molecular complexity index is 957. The van der Waals surface area contributed by atoms with E-state index < -0.39 is 0 Å². The highest BCUT2D eigenvalue weighted by molar-refractivity contribution is 5.51. The van der Waals surface area contributed by atoms with Crippen molar-refractivity contribution in [2.75, 3.05) is 38.3 Å². The molecule has 5 nitrogen and oxygen atoms in total. The minimum atomic E-state index is -0.251. The molecule has 6 heteroatoms. The number of aromatic nitrogens is 2. The molecule has 0 amide bonds. The van der Waals surface area contributed by atoms with Gasteiger partial charge in [0.15, 0.2) is 0 Å². The highest BCUT2D eigenvalue weighted by atomic mass is 19.1. The molecule has 1 unspecified atom stereocenters. The maximum absolute atomic E-state index is 14.6. The fourth-order valence-electron chi connectivity index (χ4n) is 4.56. The number of hydrogen-bond acceptors (Lipinski definition) is 4. The average Bonchev–Trinajstić information content (AvgIpc) is 3.28. The Morgan fingerprint density at radius 1 is 1.06 bits per heavy atom. The molecule has 31 heavy (non-hydrogen) atoms. The predicted octanol–water partition coefficient (Wildman–Crippen LogP) is 4.22. The standard InChI is InChI=1S/C25H31FN4O/c1-31-20-25(19-27-16-18-29(25)24-13-6-5-12-23(24)26)15-8-7-9-21-14-17-30(28-21)22-10-3-2-4-11-22/h2-6,10-14,17,27H,7-9,15-16,18-20H2,1H3. The van der Waals surface area contributed by atoms with E-state index in [1.807, 2.05) is 41.2 Å². The van der Waals surface area contributed by atoms with E-state index in [2.05, 4.69) is 28.4 Å². The Balaban J connectivity index is 1.40. The largest absolute Gasteiger partial charge is 0.382 e. The van der Waals surface area contributed by atoms with Gasteiger partial charge in [0.25, 0.3) is 0 Å². The number of unbranched alkanes of at least 4 members (excludes halogenated alkanes) is 1. The van der Waals surface area contributed by atoms with Gasteiger partial charge in [0, 0.05) is 32.9 Å². The molecule has 1 saturated heterocycles. The third kappa shape index (κ3) is 4.97. The Morgan fingerprint density at radius 2 is 1.87 bits per heavy atom. The minimum Gasteiger partial charge on any atom is -0.382 e. The maximum atomic E-state index is 14.6. The number of anilines is 1. The van der Waals surface area contributed by atoms with Crippen LogP contribution in [0, 0.1) is 5.82 Å². The number of hydrogen-bond donors (Lipinski definition) is 1. The highest BCUT2D eigenvalue weighted by Gasteiger charge is 2.39. The first-order valence-corrected chi connectivity index (χ1v) is 11.0. The van der Waals surface area contributed by atoms with E-state index in [1.54, 1.807) is 13.2 Å². The predicted molar refractivity (Wildman–Crippen MR) is 122 cm³/mol. The minimum absolute atomic E-state index is 0.170. The summed E-state index contributed by atoms with van der Waals surface area (Å²) in [6.07, 6.45) is 5.93. The van der Waals surface area contributed by atoms with Crippen molar-refractivity contribution >= 4 is 5.69 Å². The normalized spacial score (nSPS) is 19.0. The zero-order valence-electron chi connectivity index (χ0n) is 18.1. The third-order valence-electron chi connectivity index (χ3n) is 6.09. The lowest BCUT2D eigenvalue weighted by molar-refractivity contribution is 0.109. The topological polar surface area (TPSA) is 42.3 Å². The second-order valence-electron chi connectivity index (χ2n) is 8.23. The molecule has 0 aliphatic carbocycles. The molecule has 2 aromatic carbocycles. The van der Waals surface area contributed by atoms with Gasteiger partial charge < -0.3 is 15.0 Å². The second kappa shape index (κ2) is 10.1. The van der Waals surface area contributed by atoms with Gasteiger partial charge in [-0.2, -0.15) is 5.10 Å². The van der Waals surface area contributed by atoms with Crippen molar-refractivity contribution in [2.24, 2.45) is 0 Å². The van der Waals surface area contributed by atoms with Gasteiger partial charge in [-0.05, 0) is 49.6 Å². The molecule has 2 heterocycles. The van der Waals surface area contributed by atoms with Gasteiger partial charge in [-0.25, -0.2) is 9.07 Å². The lowest BCUT2D eigenvalue weighted by atomic mass is 9.88. The van der Waals surface area contributed by atoms with Crippen LogP contribution < -0.4 is 10.2 Å². The van der Waals surface area contributed by atoms with Crippen molar-refractivity contribution in [1.82, 2.24) is 15.1 Å². The summed E-state index contributed by atoms with van der Waals surface area (Å²) in [4.78, 5) is 2.21. The first-order valence-electron chi connectivity index (χ1n) is 11.0. The summed E-state index contributed by atoms with van der Waals surface area (Å²) in [6, 6.07) is 19.3. The molecule has 0 saturated carbocycles. The molecule has 3 aromatic rings. The van der Waals surface area contributed by atoms with Crippen molar-refractivity contribution in [3.63, 3.8) is 0 Å². The van der Waals surface area contributed by atoms with E-state index in [9.17, 15) is 4.39 Å². The number of para-hydroxylation sites is 2. The summed E-state index contributed by atoms with van der Waals surface area (Å²) in [7, 11) is 1.73. The van der Waals surface area contributed by atoms with E-state index in [0.29, 0.717) is 12.3 Å². The Hall–Kier alpha value is -2.70. The lowest BCUT2D eigenvalue weighted by Gasteiger charge is -2.49. The Kier molecular flexibility index (Phi) is 6.99.